The average Bonchev–Trinajstić information content (AvgIpc) is 2.61. The summed E-state index contributed by atoms with van der Waals surface area (Å²) < 4.78 is 41.0. The molecule has 0 aliphatic carbocycles. The van der Waals surface area contributed by atoms with Crippen LogP contribution < -0.4 is 5.73 Å². The van der Waals surface area contributed by atoms with Gasteiger partial charge in [-0.05, 0) is 18.6 Å². The van der Waals surface area contributed by atoms with Gasteiger partial charge >= 0.3 is 6.18 Å². The lowest BCUT2D eigenvalue weighted by Gasteiger charge is -2.10. The zero-order valence-corrected chi connectivity index (χ0v) is 8.47. The summed E-state index contributed by atoms with van der Waals surface area (Å²) in [6.45, 7) is 1.91. The molecule has 0 spiro atoms. The van der Waals surface area contributed by atoms with E-state index in [-0.39, 0.29) is 6.42 Å². The molecule has 0 fully saturated rings. The summed E-state index contributed by atoms with van der Waals surface area (Å²) in [4.78, 5) is 0. The third-order valence-corrected chi connectivity index (χ3v) is 2.14. The van der Waals surface area contributed by atoms with Crippen molar-refractivity contribution < 1.29 is 17.6 Å². The van der Waals surface area contributed by atoms with E-state index in [1.807, 2.05) is 6.92 Å². The number of hydrogen-bond donors (Lipinski definition) is 1. The largest absolute Gasteiger partial charge is 0.464 e. The van der Waals surface area contributed by atoms with Gasteiger partial charge in [0, 0.05) is 12.8 Å². The number of furan rings is 1. The van der Waals surface area contributed by atoms with Crippen LogP contribution in [0.3, 0.4) is 0 Å². The van der Waals surface area contributed by atoms with Crippen molar-refractivity contribution in [1.29, 1.82) is 0 Å². The molecule has 0 bridgehead atoms. The number of aryl methyl sites for hydroxylation is 1. The zero-order valence-electron chi connectivity index (χ0n) is 8.47. The molecule has 5 heteroatoms. The Morgan fingerprint density at radius 2 is 2.07 bits per heavy atom. The molecule has 15 heavy (non-hydrogen) atoms. The highest BCUT2D eigenvalue weighted by atomic mass is 19.4. The van der Waals surface area contributed by atoms with Gasteiger partial charge in [-0.3, -0.25) is 0 Å². The molecular weight excluding hydrogens is 207 g/mol. The van der Waals surface area contributed by atoms with Gasteiger partial charge in [-0.1, -0.05) is 6.92 Å². The summed E-state index contributed by atoms with van der Waals surface area (Å²) >= 11 is 0. The van der Waals surface area contributed by atoms with Crippen molar-refractivity contribution in [1.82, 2.24) is 0 Å². The fraction of sp³-hybridized carbons (Fsp3) is 0.600. The van der Waals surface area contributed by atoms with Crippen molar-refractivity contribution in [2.75, 3.05) is 0 Å². The molecule has 1 rings (SSSR count). The molecule has 0 aromatic carbocycles. The molecule has 0 aliphatic rings. The highest BCUT2D eigenvalue weighted by Crippen LogP contribution is 2.27. The van der Waals surface area contributed by atoms with Crippen LogP contribution in [0.4, 0.5) is 13.2 Å². The summed E-state index contributed by atoms with van der Waals surface area (Å²) in [7, 11) is 0. The third-order valence-electron chi connectivity index (χ3n) is 2.14. The Bertz CT molecular complexity index is 306. The Hall–Kier alpha value is -0.970. The van der Waals surface area contributed by atoms with Crippen LogP contribution in [0.1, 0.15) is 37.3 Å². The maximum atomic E-state index is 11.9. The lowest BCUT2D eigenvalue weighted by Crippen LogP contribution is -2.15. The van der Waals surface area contributed by atoms with Gasteiger partial charge in [0.15, 0.2) is 0 Å². The van der Waals surface area contributed by atoms with E-state index < -0.39 is 18.6 Å². The average molecular weight is 221 g/mol. The van der Waals surface area contributed by atoms with Gasteiger partial charge in [0.2, 0.25) is 0 Å². The summed E-state index contributed by atoms with van der Waals surface area (Å²) in [6.07, 6.45) is -4.46. The predicted molar refractivity (Wildman–Crippen MR) is 50.3 cm³/mol. The smallest absolute Gasteiger partial charge is 0.389 e. The van der Waals surface area contributed by atoms with Crippen LogP contribution in [0, 0.1) is 0 Å². The van der Waals surface area contributed by atoms with Gasteiger partial charge in [0.05, 0.1) is 6.04 Å². The minimum absolute atomic E-state index is 0.139. The first-order chi connectivity index (χ1) is 6.92. The highest BCUT2D eigenvalue weighted by Gasteiger charge is 2.28. The molecule has 1 heterocycles. The van der Waals surface area contributed by atoms with Gasteiger partial charge in [-0.25, -0.2) is 0 Å². The van der Waals surface area contributed by atoms with Crippen LogP contribution in [-0.4, -0.2) is 6.18 Å². The lowest BCUT2D eigenvalue weighted by atomic mass is 10.1. The zero-order chi connectivity index (χ0) is 11.5. The SMILES string of the molecule is CCc1ccc([C@@H](N)CCC(F)(F)F)o1. The first-order valence-corrected chi connectivity index (χ1v) is 4.83. The molecule has 1 aromatic rings. The Kier molecular flexibility index (Phi) is 3.79. The highest BCUT2D eigenvalue weighted by molar-refractivity contribution is 5.10. The van der Waals surface area contributed by atoms with Crippen molar-refractivity contribution in [2.45, 2.75) is 38.4 Å². The number of rotatable bonds is 4. The molecule has 1 aromatic heterocycles. The molecule has 0 saturated heterocycles. The first-order valence-electron chi connectivity index (χ1n) is 4.83. The fourth-order valence-corrected chi connectivity index (χ4v) is 1.25. The van der Waals surface area contributed by atoms with Crippen molar-refractivity contribution in [2.24, 2.45) is 5.73 Å². The van der Waals surface area contributed by atoms with E-state index >= 15 is 0 Å². The van der Waals surface area contributed by atoms with Gasteiger partial charge in [-0.2, -0.15) is 13.2 Å². The van der Waals surface area contributed by atoms with Crippen LogP contribution >= 0.6 is 0 Å². The molecule has 1 atom stereocenters. The number of hydrogen-bond acceptors (Lipinski definition) is 2. The third kappa shape index (κ3) is 3.95. The number of alkyl halides is 3. The van der Waals surface area contributed by atoms with Crippen LogP contribution in [0.5, 0.6) is 0 Å². The van der Waals surface area contributed by atoms with Crippen molar-refractivity contribution >= 4 is 0 Å². The number of nitrogens with two attached hydrogens (primary N) is 1. The van der Waals surface area contributed by atoms with E-state index in [9.17, 15) is 13.2 Å². The minimum atomic E-state index is -4.15. The second-order valence-corrected chi connectivity index (χ2v) is 3.42. The van der Waals surface area contributed by atoms with Crippen LogP contribution in [0.2, 0.25) is 0 Å². The quantitative estimate of drug-likeness (QED) is 0.848. The second-order valence-electron chi connectivity index (χ2n) is 3.42. The summed E-state index contributed by atoms with van der Waals surface area (Å²) in [5.41, 5.74) is 5.58. The normalized spacial score (nSPS) is 14.2. The molecule has 0 radical (unpaired) electrons. The van der Waals surface area contributed by atoms with E-state index in [0.29, 0.717) is 12.2 Å². The van der Waals surface area contributed by atoms with E-state index in [2.05, 4.69) is 0 Å². The molecule has 0 aliphatic heterocycles. The molecular formula is C10H14F3NO. The van der Waals surface area contributed by atoms with Gasteiger partial charge < -0.3 is 10.2 Å². The first kappa shape index (κ1) is 12.1. The summed E-state index contributed by atoms with van der Waals surface area (Å²) in [6, 6.07) is 2.70. The molecule has 2 N–H and O–H groups in total. The van der Waals surface area contributed by atoms with Crippen molar-refractivity contribution in [3.8, 4) is 0 Å². The number of halogens is 3. The Balaban J connectivity index is 2.50. The lowest BCUT2D eigenvalue weighted by molar-refractivity contribution is -0.136. The second kappa shape index (κ2) is 4.70. The van der Waals surface area contributed by atoms with Gasteiger partial charge in [-0.15, -0.1) is 0 Å². The monoisotopic (exact) mass is 221 g/mol. The minimum Gasteiger partial charge on any atom is -0.464 e. The molecule has 2 nitrogen and oxygen atoms in total. The van der Waals surface area contributed by atoms with Crippen LogP contribution in [-0.2, 0) is 6.42 Å². The van der Waals surface area contributed by atoms with Crippen molar-refractivity contribution in [3.05, 3.63) is 23.7 Å². The maximum absolute atomic E-state index is 11.9. The predicted octanol–water partition coefficient (Wildman–Crippen LogP) is 3.18. The van der Waals surface area contributed by atoms with E-state index in [0.717, 1.165) is 5.76 Å². The summed E-state index contributed by atoms with van der Waals surface area (Å²) in [5, 5.41) is 0. The molecule has 86 valence electrons. The molecule has 0 saturated carbocycles. The van der Waals surface area contributed by atoms with Crippen LogP contribution in [0.25, 0.3) is 0 Å². The van der Waals surface area contributed by atoms with E-state index in [4.69, 9.17) is 10.2 Å². The Labute approximate surface area is 86.3 Å². The van der Waals surface area contributed by atoms with Crippen LogP contribution in [0.15, 0.2) is 16.5 Å². The Morgan fingerprint density at radius 1 is 1.40 bits per heavy atom. The Morgan fingerprint density at radius 3 is 2.53 bits per heavy atom. The van der Waals surface area contributed by atoms with Crippen molar-refractivity contribution in [3.63, 3.8) is 0 Å². The maximum Gasteiger partial charge on any atom is 0.389 e. The fourth-order valence-electron chi connectivity index (χ4n) is 1.25. The van der Waals surface area contributed by atoms with E-state index in [1.54, 1.807) is 12.1 Å². The topological polar surface area (TPSA) is 39.2 Å². The summed E-state index contributed by atoms with van der Waals surface area (Å²) in [5.74, 6) is 1.17. The molecule has 0 unspecified atom stereocenters. The standard InChI is InChI=1S/C10H14F3NO/c1-2-7-3-4-9(15-7)8(14)5-6-10(11,12)13/h3-4,8H,2,5-6,14H2,1H3/t8-/m0/s1. The van der Waals surface area contributed by atoms with Gasteiger partial charge in [0.1, 0.15) is 11.5 Å². The van der Waals surface area contributed by atoms with E-state index in [1.165, 1.54) is 0 Å². The molecule has 0 amide bonds. The van der Waals surface area contributed by atoms with Gasteiger partial charge in [0.25, 0.3) is 0 Å².